The number of benzene rings is 1. The van der Waals surface area contributed by atoms with Crippen LogP contribution in [0.15, 0.2) is 30.3 Å². The molecule has 0 radical (unpaired) electrons. The monoisotopic (exact) mass is 282 g/mol. The molecule has 5 nitrogen and oxygen atoms in total. The molecule has 3 heterocycles. The van der Waals surface area contributed by atoms with E-state index in [0.29, 0.717) is 5.95 Å². The maximum atomic E-state index is 6.00. The molecule has 2 aliphatic heterocycles. The first kappa shape index (κ1) is 12.4. The van der Waals surface area contributed by atoms with Crippen LogP contribution in [0.1, 0.15) is 30.2 Å². The number of ether oxygens (including phenoxy) is 1. The quantitative estimate of drug-likeness (QED) is 0.916. The molecule has 1 saturated heterocycles. The molecular weight excluding hydrogens is 264 g/mol. The van der Waals surface area contributed by atoms with Crippen LogP contribution in [0.4, 0.5) is 11.8 Å². The molecule has 5 heteroatoms. The van der Waals surface area contributed by atoms with Gasteiger partial charge >= 0.3 is 0 Å². The molecule has 1 fully saturated rings. The lowest BCUT2D eigenvalue weighted by Gasteiger charge is -2.18. The van der Waals surface area contributed by atoms with Crippen molar-refractivity contribution in [3.05, 3.63) is 41.6 Å². The highest BCUT2D eigenvalue weighted by molar-refractivity contribution is 5.46. The van der Waals surface area contributed by atoms with Crippen molar-refractivity contribution >= 4 is 11.8 Å². The largest absolute Gasteiger partial charge is 0.483 e. The van der Waals surface area contributed by atoms with E-state index < -0.39 is 0 Å². The summed E-state index contributed by atoms with van der Waals surface area (Å²) in [5, 5.41) is 0. The Morgan fingerprint density at radius 1 is 1.14 bits per heavy atom. The number of fused-ring (bicyclic) bond motifs is 1. The summed E-state index contributed by atoms with van der Waals surface area (Å²) in [6, 6.07) is 10.2. The van der Waals surface area contributed by atoms with E-state index in [4.69, 9.17) is 10.5 Å². The lowest BCUT2D eigenvalue weighted by atomic mass is 10.1. The van der Waals surface area contributed by atoms with E-state index in [2.05, 4.69) is 20.9 Å². The first-order valence-electron chi connectivity index (χ1n) is 7.43. The summed E-state index contributed by atoms with van der Waals surface area (Å²) >= 11 is 0. The van der Waals surface area contributed by atoms with Gasteiger partial charge in [0.15, 0.2) is 0 Å². The van der Waals surface area contributed by atoms with Crippen molar-refractivity contribution in [3.63, 3.8) is 0 Å². The SMILES string of the molecule is Nc1nc(C2Cc3ccccc3O2)cc(N2CCCC2)n1. The predicted octanol–water partition coefficient (Wildman–Crippen LogP) is 2.34. The molecule has 2 aliphatic rings. The molecule has 21 heavy (non-hydrogen) atoms. The average molecular weight is 282 g/mol. The summed E-state index contributed by atoms with van der Waals surface area (Å²) in [5.74, 6) is 2.20. The van der Waals surface area contributed by atoms with E-state index in [1.54, 1.807) is 0 Å². The van der Waals surface area contributed by atoms with Crippen LogP contribution in [0.25, 0.3) is 0 Å². The summed E-state index contributed by atoms with van der Waals surface area (Å²) in [7, 11) is 0. The Labute approximate surface area is 123 Å². The van der Waals surface area contributed by atoms with Crippen molar-refractivity contribution < 1.29 is 4.74 Å². The molecule has 1 aromatic heterocycles. The number of aromatic nitrogens is 2. The predicted molar refractivity (Wildman–Crippen MR) is 81.4 cm³/mol. The summed E-state index contributed by atoms with van der Waals surface area (Å²) in [6.07, 6.45) is 3.20. The lowest BCUT2D eigenvalue weighted by molar-refractivity contribution is 0.233. The first-order valence-corrected chi connectivity index (χ1v) is 7.43. The minimum atomic E-state index is -0.0611. The maximum Gasteiger partial charge on any atom is 0.222 e. The highest BCUT2D eigenvalue weighted by Crippen LogP contribution is 2.36. The Hall–Kier alpha value is -2.30. The fraction of sp³-hybridized carbons (Fsp3) is 0.375. The Kier molecular flexibility index (Phi) is 2.91. The zero-order chi connectivity index (χ0) is 14.2. The van der Waals surface area contributed by atoms with Crippen LogP contribution in [-0.4, -0.2) is 23.1 Å². The van der Waals surface area contributed by atoms with Crippen molar-refractivity contribution in [1.82, 2.24) is 9.97 Å². The number of rotatable bonds is 2. The van der Waals surface area contributed by atoms with Gasteiger partial charge in [0.25, 0.3) is 0 Å². The number of nitrogens with zero attached hydrogens (tertiary/aromatic N) is 3. The maximum absolute atomic E-state index is 6.00. The van der Waals surface area contributed by atoms with Crippen LogP contribution in [0.2, 0.25) is 0 Å². The van der Waals surface area contributed by atoms with Gasteiger partial charge in [-0.25, -0.2) is 4.98 Å². The molecule has 0 aliphatic carbocycles. The second-order valence-electron chi connectivity index (χ2n) is 5.62. The van der Waals surface area contributed by atoms with Gasteiger partial charge in [-0.3, -0.25) is 0 Å². The molecule has 2 N–H and O–H groups in total. The van der Waals surface area contributed by atoms with Gasteiger partial charge in [0.1, 0.15) is 17.7 Å². The third-order valence-electron chi connectivity index (χ3n) is 4.16. The first-order chi connectivity index (χ1) is 10.3. The van der Waals surface area contributed by atoms with E-state index in [9.17, 15) is 0 Å². The fourth-order valence-corrected chi connectivity index (χ4v) is 3.09. The van der Waals surface area contributed by atoms with Crippen molar-refractivity contribution in [2.45, 2.75) is 25.4 Å². The van der Waals surface area contributed by atoms with Crippen molar-refractivity contribution in [2.75, 3.05) is 23.7 Å². The number of hydrogen-bond donors (Lipinski definition) is 1. The van der Waals surface area contributed by atoms with Gasteiger partial charge in [-0.15, -0.1) is 0 Å². The molecule has 1 atom stereocenters. The van der Waals surface area contributed by atoms with Crippen molar-refractivity contribution in [3.8, 4) is 5.75 Å². The van der Waals surface area contributed by atoms with E-state index in [1.807, 2.05) is 24.3 Å². The summed E-state index contributed by atoms with van der Waals surface area (Å²) < 4.78 is 6.00. The van der Waals surface area contributed by atoms with Gasteiger partial charge in [0.05, 0.1) is 5.69 Å². The van der Waals surface area contributed by atoms with E-state index in [0.717, 1.165) is 36.8 Å². The van der Waals surface area contributed by atoms with E-state index >= 15 is 0 Å². The van der Waals surface area contributed by atoms with Gasteiger partial charge < -0.3 is 15.4 Å². The van der Waals surface area contributed by atoms with E-state index in [1.165, 1.54) is 18.4 Å². The average Bonchev–Trinajstić information content (AvgIpc) is 3.16. The highest BCUT2D eigenvalue weighted by Gasteiger charge is 2.26. The molecule has 0 amide bonds. The molecule has 0 saturated carbocycles. The molecular formula is C16H18N4O. The van der Waals surface area contributed by atoms with Gasteiger partial charge in [0, 0.05) is 25.6 Å². The molecule has 0 bridgehead atoms. The van der Waals surface area contributed by atoms with Crippen molar-refractivity contribution in [2.24, 2.45) is 0 Å². The van der Waals surface area contributed by atoms with Crippen LogP contribution in [0.5, 0.6) is 5.75 Å². The van der Waals surface area contributed by atoms with Crippen LogP contribution >= 0.6 is 0 Å². The van der Waals surface area contributed by atoms with Crippen LogP contribution < -0.4 is 15.4 Å². The Morgan fingerprint density at radius 2 is 1.95 bits per heavy atom. The Balaban J connectivity index is 1.64. The second kappa shape index (κ2) is 4.91. The van der Waals surface area contributed by atoms with E-state index in [-0.39, 0.29) is 6.10 Å². The Morgan fingerprint density at radius 3 is 2.76 bits per heavy atom. The molecule has 108 valence electrons. The molecule has 1 aromatic carbocycles. The van der Waals surface area contributed by atoms with Crippen LogP contribution in [-0.2, 0) is 6.42 Å². The third-order valence-corrected chi connectivity index (χ3v) is 4.16. The lowest BCUT2D eigenvalue weighted by Crippen LogP contribution is -2.21. The summed E-state index contributed by atoms with van der Waals surface area (Å²) in [6.45, 7) is 2.09. The second-order valence-corrected chi connectivity index (χ2v) is 5.62. The van der Waals surface area contributed by atoms with Gasteiger partial charge in [-0.1, -0.05) is 18.2 Å². The highest BCUT2D eigenvalue weighted by atomic mass is 16.5. The zero-order valence-electron chi connectivity index (χ0n) is 11.8. The standard InChI is InChI=1S/C16H18N4O/c17-16-18-12(10-15(19-16)20-7-3-4-8-20)14-9-11-5-1-2-6-13(11)21-14/h1-2,5-6,10,14H,3-4,7-9H2,(H2,17,18,19). The zero-order valence-corrected chi connectivity index (χ0v) is 11.8. The van der Waals surface area contributed by atoms with Gasteiger partial charge in [-0.05, 0) is 24.5 Å². The number of anilines is 2. The molecule has 0 spiro atoms. The fourth-order valence-electron chi connectivity index (χ4n) is 3.09. The normalized spacial score (nSPS) is 20.4. The van der Waals surface area contributed by atoms with Gasteiger partial charge in [-0.2, -0.15) is 4.98 Å². The van der Waals surface area contributed by atoms with Crippen molar-refractivity contribution in [1.29, 1.82) is 0 Å². The number of para-hydroxylation sites is 1. The number of hydrogen-bond acceptors (Lipinski definition) is 5. The van der Waals surface area contributed by atoms with Crippen LogP contribution in [0, 0.1) is 0 Å². The number of nitrogen functional groups attached to an aromatic ring is 1. The minimum Gasteiger partial charge on any atom is -0.483 e. The Bertz CT molecular complexity index is 642. The topological polar surface area (TPSA) is 64.3 Å². The third kappa shape index (κ3) is 2.28. The van der Waals surface area contributed by atoms with Gasteiger partial charge in [0.2, 0.25) is 5.95 Å². The van der Waals surface area contributed by atoms with Crippen LogP contribution in [0.3, 0.4) is 0 Å². The molecule has 2 aromatic rings. The summed E-state index contributed by atoms with van der Waals surface area (Å²) in [4.78, 5) is 11.0. The minimum absolute atomic E-state index is 0.0611. The smallest absolute Gasteiger partial charge is 0.222 e. The molecule has 4 rings (SSSR count). The number of nitrogens with two attached hydrogens (primary N) is 1. The summed E-state index contributed by atoms with van der Waals surface area (Å²) in [5.41, 5.74) is 8.00. The molecule has 1 unspecified atom stereocenters.